The third kappa shape index (κ3) is 4.16. The Bertz CT molecular complexity index is 694. The van der Waals surface area contributed by atoms with Gasteiger partial charge in [0.2, 0.25) is 0 Å². The van der Waals surface area contributed by atoms with Gasteiger partial charge in [-0.25, -0.2) is 0 Å². The molecule has 0 saturated heterocycles. The first kappa shape index (κ1) is 16.7. The van der Waals surface area contributed by atoms with Gasteiger partial charge in [-0.2, -0.15) is 18.2 Å². The third-order valence-electron chi connectivity index (χ3n) is 3.42. The van der Waals surface area contributed by atoms with Gasteiger partial charge in [0.15, 0.2) is 0 Å². The zero-order valence-electron chi connectivity index (χ0n) is 13.0. The van der Waals surface area contributed by atoms with Gasteiger partial charge in [0.25, 0.3) is 0 Å². The summed E-state index contributed by atoms with van der Waals surface area (Å²) in [7, 11) is -3.82. The zero-order valence-corrected chi connectivity index (χ0v) is 13.8. The molecule has 1 unspecified atom stereocenters. The van der Waals surface area contributed by atoms with Gasteiger partial charge in [-0.1, -0.05) is 61.9 Å². The molecule has 0 aliphatic heterocycles. The van der Waals surface area contributed by atoms with Crippen LogP contribution in [-0.4, -0.2) is 8.42 Å². The van der Waals surface area contributed by atoms with Gasteiger partial charge >= 0.3 is 10.1 Å². The molecule has 5 heteroatoms. The number of hydrogen-bond acceptors (Lipinski definition) is 4. The molecule has 0 bridgehead atoms. The molecule has 0 aliphatic carbocycles. The van der Waals surface area contributed by atoms with Crippen molar-refractivity contribution in [3.8, 4) is 0 Å². The van der Waals surface area contributed by atoms with E-state index >= 15 is 0 Å². The van der Waals surface area contributed by atoms with Gasteiger partial charge in [0, 0.05) is 0 Å². The molecule has 2 rings (SSSR count). The second kappa shape index (κ2) is 7.05. The summed E-state index contributed by atoms with van der Waals surface area (Å²) in [6.07, 6.45) is 0. The highest BCUT2D eigenvalue weighted by Crippen LogP contribution is 2.22. The second-order valence-electron chi connectivity index (χ2n) is 5.60. The molecule has 0 spiro atoms. The fourth-order valence-electron chi connectivity index (χ4n) is 2.12. The van der Waals surface area contributed by atoms with Crippen LogP contribution < -0.4 is 5.48 Å². The van der Waals surface area contributed by atoms with E-state index in [-0.39, 0.29) is 16.9 Å². The maximum atomic E-state index is 12.2. The van der Waals surface area contributed by atoms with E-state index in [4.69, 9.17) is 4.28 Å². The Kier molecular flexibility index (Phi) is 5.34. The lowest BCUT2D eigenvalue weighted by molar-refractivity contribution is 0.139. The molecule has 118 valence electrons. The van der Waals surface area contributed by atoms with Gasteiger partial charge in [-0.05, 0) is 30.5 Å². The lowest BCUT2D eigenvalue weighted by atomic mass is 9.97. The quantitative estimate of drug-likeness (QED) is 0.827. The summed E-state index contributed by atoms with van der Waals surface area (Å²) in [5, 5.41) is 0. The average Bonchev–Trinajstić information content (AvgIpc) is 2.48. The summed E-state index contributed by atoms with van der Waals surface area (Å²) in [5.41, 5.74) is 4.68. The zero-order chi connectivity index (χ0) is 16.2. The number of hydrogen-bond donors (Lipinski definition) is 1. The summed E-state index contributed by atoms with van der Waals surface area (Å²) in [4.78, 5) is 0.140. The highest BCUT2D eigenvalue weighted by atomic mass is 32.2. The van der Waals surface area contributed by atoms with Crippen LogP contribution in [0.15, 0.2) is 59.5 Å². The maximum Gasteiger partial charge on any atom is 0.312 e. The van der Waals surface area contributed by atoms with Crippen molar-refractivity contribution in [1.29, 1.82) is 0 Å². The normalized spacial score (nSPS) is 13.3. The predicted octanol–water partition coefficient (Wildman–Crippen LogP) is 3.60. The Morgan fingerprint density at radius 2 is 1.55 bits per heavy atom. The first-order valence-electron chi connectivity index (χ1n) is 7.21. The Balaban J connectivity index is 2.14. The van der Waals surface area contributed by atoms with E-state index in [1.165, 1.54) is 0 Å². The fourth-order valence-corrected chi connectivity index (χ4v) is 2.91. The number of rotatable bonds is 6. The number of aryl methyl sites for hydroxylation is 1. The minimum Gasteiger partial charge on any atom is -0.192 e. The minimum absolute atomic E-state index is 0.140. The first-order chi connectivity index (χ1) is 10.4. The molecular formula is C17H21NO3S. The van der Waals surface area contributed by atoms with Gasteiger partial charge in [-0.3, -0.25) is 0 Å². The Hall–Kier alpha value is -1.69. The Morgan fingerprint density at radius 1 is 0.955 bits per heavy atom. The topological polar surface area (TPSA) is 55.4 Å². The predicted molar refractivity (Wildman–Crippen MR) is 86.6 cm³/mol. The third-order valence-corrected chi connectivity index (χ3v) is 4.58. The lowest BCUT2D eigenvalue weighted by Gasteiger charge is -2.22. The van der Waals surface area contributed by atoms with Crippen LogP contribution in [-0.2, 0) is 14.4 Å². The van der Waals surface area contributed by atoms with Crippen LogP contribution in [0.1, 0.15) is 31.0 Å². The van der Waals surface area contributed by atoms with Crippen LogP contribution in [0.5, 0.6) is 0 Å². The standard InChI is InChI=1S/C17H21NO3S/c1-13(2)17(15-7-5-4-6-8-15)18-21-22(19,20)16-11-9-14(3)10-12-16/h4-13,17-18H,1-3H3. The summed E-state index contributed by atoms with van der Waals surface area (Å²) in [5.74, 6) is 0.176. The van der Waals surface area contributed by atoms with E-state index in [1.54, 1.807) is 24.3 Å². The van der Waals surface area contributed by atoms with E-state index < -0.39 is 10.1 Å². The van der Waals surface area contributed by atoms with Crippen molar-refractivity contribution in [1.82, 2.24) is 5.48 Å². The summed E-state index contributed by atoms with van der Waals surface area (Å²) in [6.45, 7) is 5.92. The molecule has 2 aromatic rings. The van der Waals surface area contributed by atoms with E-state index in [1.807, 2.05) is 51.1 Å². The summed E-state index contributed by atoms with van der Waals surface area (Å²) in [6, 6.07) is 16.0. The molecule has 4 nitrogen and oxygen atoms in total. The van der Waals surface area contributed by atoms with Crippen LogP contribution in [0.25, 0.3) is 0 Å². The van der Waals surface area contributed by atoms with Gasteiger partial charge in [-0.15, -0.1) is 0 Å². The molecule has 1 atom stereocenters. The molecule has 0 heterocycles. The van der Waals surface area contributed by atoms with Crippen LogP contribution in [0.2, 0.25) is 0 Å². The van der Waals surface area contributed by atoms with Crippen LogP contribution in [0, 0.1) is 12.8 Å². The largest absolute Gasteiger partial charge is 0.312 e. The maximum absolute atomic E-state index is 12.2. The van der Waals surface area contributed by atoms with E-state index in [0.717, 1.165) is 11.1 Å². The minimum atomic E-state index is -3.82. The second-order valence-corrected chi connectivity index (χ2v) is 7.15. The van der Waals surface area contributed by atoms with Crippen LogP contribution in [0.4, 0.5) is 0 Å². The monoisotopic (exact) mass is 319 g/mol. The van der Waals surface area contributed by atoms with Crippen molar-refractivity contribution < 1.29 is 12.7 Å². The smallest absolute Gasteiger partial charge is 0.192 e. The summed E-state index contributed by atoms with van der Waals surface area (Å²) >= 11 is 0. The highest BCUT2D eigenvalue weighted by molar-refractivity contribution is 7.86. The van der Waals surface area contributed by atoms with Crippen molar-refractivity contribution in [3.63, 3.8) is 0 Å². The molecule has 0 radical (unpaired) electrons. The average molecular weight is 319 g/mol. The molecule has 0 fully saturated rings. The van der Waals surface area contributed by atoms with E-state index in [9.17, 15) is 8.42 Å². The molecule has 0 aromatic heterocycles. The molecule has 0 aliphatic rings. The number of benzene rings is 2. The van der Waals surface area contributed by atoms with Gasteiger partial charge in [0.1, 0.15) is 0 Å². The SMILES string of the molecule is Cc1ccc(S(=O)(=O)ONC(c2ccccc2)C(C)C)cc1. The molecule has 2 aromatic carbocycles. The van der Waals surface area contributed by atoms with Crippen molar-refractivity contribution >= 4 is 10.1 Å². The van der Waals surface area contributed by atoms with Crippen molar-refractivity contribution in [3.05, 3.63) is 65.7 Å². The Labute approximate surface area is 132 Å². The molecular weight excluding hydrogens is 298 g/mol. The number of nitrogens with one attached hydrogen (secondary N) is 1. The molecule has 0 saturated carbocycles. The van der Waals surface area contributed by atoms with Crippen LogP contribution in [0.3, 0.4) is 0 Å². The first-order valence-corrected chi connectivity index (χ1v) is 8.61. The van der Waals surface area contributed by atoms with Gasteiger partial charge < -0.3 is 0 Å². The summed E-state index contributed by atoms with van der Waals surface area (Å²) < 4.78 is 29.5. The molecule has 0 amide bonds. The van der Waals surface area contributed by atoms with Gasteiger partial charge in [0.05, 0.1) is 10.9 Å². The fraction of sp³-hybridized carbons (Fsp3) is 0.294. The van der Waals surface area contributed by atoms with E-state index in [2.05, 4.69) is 5.48 Å². The van der Waals surface area contributed by atoms with Crippen LogP contribution >= 0.6 is 0 Å². The van der Waals surface area contributed by atoms with Crippen molar-refractivity contribution in [2.24, 2.45) is 5.92 Å². The lowest BCUT2D eigenvalue weighted by Crippen LogP contribution is -2.28. The van der Waals surface area contributed by atoms with E-state index in [0.29, 0.717) is 0 Å². The Morgan fingerprint density at radius 3 is 2.09 bits per heavy atom. The molecule has 22 heavy (non-hydrogen) atoms. The van der Waals surface area contributed by atoms with Crippen molar-refractivity contribution in [2.45, 2.75) is 31.7 Å². The highest BCUT2D eigenvalue weighted by Gasteiger charge is 2.21. The number of hydroxylamine groups is 1. The molecule has 1 N–H and O–H groups in total. The van der Waals surface area contributed by atoms with Crippen molar-refractivity contribution in [2.75, 3.05) is 0 Å².